The van der Waals surface area contributed by atoms with Gasteiger partial charge in [0.05, 0.1) is 16.3 Å². The van der Waals surface area contributed by atoms with Gasteiger partial charge in [-0.3, -0.25) is 4.90 Å². The number of fused-ring (bicyclic) bond motifs is 2. The number of aromatic amines is 1. The summed E-state index contributed by atoms with van der Waals surface area (Å²) in [5.74, 6) is 1.48. The molecule has 1 aromatic heterocycles. The third kappa shape index (κ3) is 4.78. The number of aromatic hydroxyl groups is 1. The van der Waals surface area contributed by atoms with Crippen molar-refractivity contribution in [2.75, 3.05) is 13.1 Å². The summed E-state index contributed by atoms with van der Waals surface area (Å²) in [5, 5.41) is 13.7. The Bertz CT molecular complexity index is 1780. The van der Waals surface area contributed by atoms with Crippen LogP contribution in [0.25, 0.3) is 16.5 Å². The minimum Gasteiger partial charge on any atom is -0.494 e. The van der Waals surface area contributed by atoms with Gasteiger partial charge in [0.1, 0.15) is 11.9 Å². The smallest absolute Gasteiger partial charge is 0.197 e. The summed E-state index contributed by atoms with van der Waals surface area (Å²) in [7, 11) is 0. The predicted molar refractivity (Wildman–Crippen MR) is 157 cm³/mol. The van der Waals surface area contributed by atoms with E-state index >= 15 is 0 Å². The van der Waals surface area contributed by atoms with Gasteiger partial charge in [-0.2, -0.15) is 0 Å². The highest BCUT2D eigenvalue weighted by atomic mass is 16.5. The number of ether oxygens (including phenoxy) is 1. The highest BCUT2D eigenvalue weighted by Crippen LogP contribution is 2.40. The monoisotopic (exact) mass is 526 g/mol. The van der Waals surface area contributed by atoms with Gasteiger partial charge in [0.25, 0.3) is 0 Å². The van der Waals surface area contributed by atoms with Gasteiger partial charge in [-0.1, -0.05) is 72.8 Å². The van der Waals surface area contributed by atoms with Gasteiger partial charge in [-0.05, 0) is 54.3 Å². The Morgan fingerprint density at radius 2 is 1.48 bits per heavy atom. The van der Waals surface area contributed by atoms with Crippen molar-refractivity contribution in [1.82, 2.24) is 9.88 Å². The van der Waals surface area contributed by atoms with Gasteiger partial charge in [0, 0.05) is 36.1 Å². The van der Waals surface area contributed by atoms with Gasteiger partial charge in [0.2, 0.25) is 0 Å². The molecule has 0 aliphatic carbocycles. The van der Waals surface area contributed by atoms with Crippen LogP contribution in [0, 0.1) is 0 Å². The highest BCUT2D eigenvalue weighted by Gasteiger charge is 2.24. The van der Waals surface area contributed by atoms with Gasteiger partial charge < -0.3 is 14.8 Å². The van der Waals surface area contributed by atoms with E-state index in [2.05, 4.69) is 40.2 Å². The first-order chi connectivity index (χ1) is 19.7. The SMILES string of the molecule is Oc1[nH]c2ccc(OC3CCN(Cc4ccccc4)CC3)cc2c1C(=C1N=c2ccccc2=N1)c1ccccc1. The van der Waals surface area contributed by atoms with Crippen molar-refractivity contribution in [3.63, 3.8) is 0 Å². The van der Waals surface area contributed by atoms with Crippen LogP contribution in [0.1, 0.15) is 29.5 Å². The normalized spacial score (nSPS) is 15.4. The second-order valence-corrected chi connectivity index (χ2v) is 10.4. The van der Waals surface area contributed by atoms with E-state index in [1.165, 1.54) is 5.56 Å². The maximum atomic E-state index is 11.2. The Hall–Kier alpha value is -4.68. The Balaban J connectivity index is 1.20. The molecule has 2 N–H and O–H groups in total. The molecule has 1 fully saturated rings. The summed E-state index contributed by atoms with van der Waals surface area (Å²) in [6.07, 6.45) is 2.11. The summed E-state index contributed by atoms with van der Waals surface area (Å²) in [4.78, 5) is 15.3. The van der Waals surface area contributed by atoms with Crippen molar-refractivity contribution >= 4 is 16.5 Å². The van der Waals surface area contributed by atoms with Gasteiger partial charge in [0.15, 0.2) is 11.7 Å². The predicted octanol–water partition coefficient (Wildman–Crippen LogP) is 5.59. The van der Waals surface area contributed by atoms with Crippen LogP contribution in [-0.2, 0) is 6.54 Å². The third-order valence-corrected chi connectivity index (χ3v) is 7.71. The molecule has 6 nitrogen and oxygen atoms in total. The largest absolute Gasteiger partial charge is 0.494 e. The molecule has 0 saturated carbocycles. The van der Waals surface area contributed by atoms with Gasteiger partial charge in [-0.15, -0.1) is 0 Å². The number of rotatable bonds is 6. The molecule has 0 radical (unpaired) electrons. The topological polar surface area (TPSA) is 73.2 Å². The molecule has 40 heavy (non-hydrogen) atoms. The van der Waals surface area contributed by atoms with E-state index in [0.717, 1.165) is 71.0 Å². The lowest BCUT2D eigenvalue weighted by molar-refractivity contribution is 0.0969. The van der Waals surface area contributed by atoms with Crippen molar-refractivity contribution in [2.45, 2.75) is 25.5 Å². The molecular formula is C34H30N4O2. The lowest BCUT2D eigenvalue weighted by atomic mass is 9.96. The van der Waals surface area contributed by atoms with Crippen LogP contribution in [-0.4, -0.2) is 34.2 Å². The standard InChI is InChI=1S/C34H30N4O2/c39-34-32(31(24-11-5-2-6-12-24)33-35-29-13-7-8-14-30(29)36-33)27-21-26(15-16-28(27)37-34)40-25-17-19-38(20-18-25)22-23-9-3-1-4-10-23/h1-16,21,25,37,39H,17-20,22H2. The first-order valence-electron chi connectivity index (χ1n) is 13.8. The number of hydrogen-bond donors (Lipinski definition) is 2. The Morgan fingerprint density at radius 1 is 0.825 bits per heavy atom. The average molecular weight is 527 g/mol. The zero-order chi connectivity index (χ0) is 26.9. The lowest BCUT2D eigenvalue weighted by Gasteiger charge is -2.32. The van der Waals surface area contributed by atoms with Crippen molar-refractivity contribution in [2.24, 2.45) is 9.98 Å². The molecule has 2 aliphatic heterocycles. The number of hydrogen-bond acceptors (Lipinski definition) is 5. The molecule has 0 atom stereocenters. The van der Waals surface area contributed by atoms with E-state index < -0.39 is 0 Å². The molecule has 0 spiro atoms. The van der Waals surface area contributed by atoms with Crippen LogP contribution in [0.4, 0.5) is 0 Å². The fraction of sp³-hybridized carbons (Fsp3) is 0.176. The van der Waals surface area contributed by atoms with Crippen molar-refractivity contribution < 1.29 is 9.84 Å². The summed E-state index contributed by atoms with van der Waals surface area (Å²) in [6.45, 7) is 2.99. The number of benzene rings is 4. The molecular weight excluding hydrogens is 496 g/mol. The zero-order valence-corrected chi connectivity index (χ0v) is 22.1. The Morgan fingerprint density at radius 3 is 2.17 bits per heavy atom. The summed E-state index contributed by atoms with van der Waals surface area (Å²) in [5.41, 5.74) is 4.58. The maximum absolute atomic E-state index is 11.2. The average Bonchev–Trinajstić information content (AvgIpc) is 3.56. The molecule has 4 aromatic carbocycles. The summed E-state index contributed by atoms with van der Waals surface area (Å²) >= 11 is 0. The van der Waals surface area contributed by atoms with Crippen LogP contribution in [0.5, 0.6) is 11.6 Å². The minimum absolute atomic E-state index is 0.0917. The molecule has 198 valence electrons. The molecule has 0 amide bonds. The molecule has 1 saturated heterocycles. The molecule has 3 heterocycles. The first kappa shape index (κ1) is 24.4. The highest BCUT2D eigenvalue weighted by molar-refractivity contribution is 6.01. The number of piperidine rings is 1. The molecule has 7 rings (SSSR count). The van der Waals surface area contributed by atoms with E-state index in [4.69, 9.17) is 14.7 Å². The van der Waals surface area contributed by atoms with E-state index in [1.54, 1.807) is 0 Å². The van der Waals surface area contributed by atoms with E-state index in [1.807, 2.05) is 72.8 Å². The number of para-hydroxylation sites is 2. The number of likely N-dealkylation sites (tertiary alicyclic amines) is 1. The van der Waals surface area contributed by atoms with E-state index in [9.17, 15) is 5.11 Å². The zero-order valence-electron chi connectivity index (χ0n) is 22.1. The van der Waals surface area contributed by atoms with Crippen LogP contribution < -0.4 is 15.5 Å². The third-order valence-electron chi connectivity index (χ3n) is 7.71. The van der Waals surface area contributed by atoms with Crippen molar-refractivity contribution in [3.05, 3.63) is 136 Å². The fourth-order valence-electron chi connectivity index (χ4n) is 5.71. The van der Waals surface area contributed by atoms with Crippen molar-refractivity contribution in [3.8, 4) is 11.6 Å². The second kappa shape index (κ2) is 10.5. The fourth-order valence-corrected chi connectivity index (χ4v) is 5.71. The Labute approximate surface area is 232 Å². The molecule has 0 unspecified atom stereocenters. The van der Waals surface area contributed by atoms with Crippen LogP contribution in [0.2, 0.25) is 0 Å². The van der Waals surface area contributed by atoms with Gasteiger partial charge in [-0.25, -0.2) is 9.98 Å². The van der Waals surface area contributed by atoms with E-state index in [0.29, 0.717) is 11.4 Å². The maximum Gasteiger partial charge on any atom is 0.197 e. The molecule has 6 heteroatoms. The number of aromatic nitrogens is 1. The van der Waals surface area contributed by atoms with Crippen molar-refractivity contribution in [1.29, 1.82) is 0 Å². The molecule has 5 aromatic rings. The quantitative estimate of drug-likeness (QED) is 0.303. The molecule has 2 aliphatic rings. The van der Waals surface area contributed by atoms with Crippen LogP contribution in [0.15, 0.2) is 119 Å². The number of nitrogens with zero attached hydrogens (tertiary/aromatic N) is 3. The van der Waals surface area contributed by atoms with Gasteiger partial charge >= 0.3 is 0 Å². The van der Waals surface area contributed by atoms with Crippen LogP contribution in [0.3, 0.4) is 0 Å². The number of nitrogens with one attached hydrogen (secondary N) is 1. The summed E-state index contributed by atoms with van der Waals surface area (Å²) < 4.78 is 6.50. The molecule has 0 bridgehead atoms. The number of H-pyrrole nitrogens is 1. The summed E-state index contributed by atoms with van der Waals surface area (Å²) in [6, 6.07) is 34.5. The van der Waals surface area contributed by atoms with E-state index in [-0.39, 0.29) is 12.0 Å². The lowest BCUT2D eigenvalue weighted by Crippen LogP contribution is -2.37. The Kier molecular flexibility index (Phi) is 6.38. The minimum atomic E-state index is 0.0917. The first-order valence-corrected chi connectivity index (χ1v) is 13.8. The second-order valence-electron chi connectivity index (χ2n) is 10.4. The van der Waals surface area contributed by atoms with Crippen LogP contribution >= 0.6 is 0 Å².